The Morgan fingerprint density at radius 3 is 1.71 bits per heavy atom. The summed E-state index contributed by atoms with van der Waals surface area (Å²) >= 11 is 16.1. The summed E-state index contributed by atoms with van der Waals surface area (Å²) in [5.74, 6) is 3.28. The highest BCUT2D eigenvalue weighted by Crippen LogP contribution is 2.36. The van der Waals surface area contributed by atoms with Crippen LogP contribution >= 0.6 is 66.1 Å². The number of hydrogen-bond acceptors (Lipinski definition) is 10. The fourth-order valence-electron chi connectivity index (χ4n) is 5.09. The lowest BCUT2D eigenvalue weighted by atomic mass is 10.2. The molecule has 0 aliphatic rings. The van der Waals surface area contributed by atoms with Crippen LogP contribution in [0.1, 0.15) is 11.1 Å². The number of thiophene rings is 2. The number of anilines is 3. The third kappa shape index (κ3) is 11.6. The zero-order valence-corrected chi connectivity index (χ0v) is 35.2. The number of hydrogen-bond donors (Lipinski definition) is 2. The Morgan fingerprint density at radius 2 is 1.15 bits per heavy atom. The summed E-state index contributed by atoms with van der Waals surface area (Å²) in [6, 6.07) is 38.8. The molecule has 4 aromatic carbocycles. The van der Waals surface area contributed by atoms with Crippen LogP contribution in [0.2, 0.25) is 5.02 Å². The Kier molecular flexibility index (Phi) is 14.2. The van der Waals surface area contributed by atoms with Crippen molar-refractivity contribution in [1.82, 2.24) is 9.97 Å². The molecule has 8 aromatic rings. The lowest BCUT2D eigenvalue weighted by Crippen LogP contribution is -1.97. The molecule has 55 heavy (non-hydrogen) atoms. The first kappa shape index (κ1) is 39.8. The van der Waals surface area contributed by atoms with Crippen LogP contribution in [0.25, 0.3) is 20.4 Å². The maximum atomic E-state index is 5.94. The number of nitrogens with one attached hydrogen (secondary N) is 1. The second kappa shape index (κ2) is 19.7. The quantitative estimate of drug-likeness (QED) is 0.131. The predicted molar refractivity (Wildman–Crippen MR) is 235 cm³/mol. The van der Waals surface area contributed by atoms with Crippen molar-refractivity contribution in [3.63, 3.8) is 0 Å². The number of nitrogens with two attached hydrogens (primary N) is 1. The van der Waals surface area contributed by atoms with Gasteiger partial charge in [0.25, 0.3) is 0 Å². The molecule has 8 rings (SSSR count). The summed E-state index contributed by atoms with van der Waals surface area (Å²) in [6.45, 7) is 1.03. The van der Waals surface area contributed by atoms with Crippen molar-refractivity contribution < 1.29 is 18.9 Å². The molecule has 280 valence electrons. The van der Waals surface area contributed by atoms with Crippen molar-refractivity contribution in [2.24, 2.45) is 0 Å². The largest absolute Gasteiger partial charge is 0.497 e. The summed E-state index contributed by atoms with van der Waals surface area (Å²) < 4.78 is 26.1. The van der Waals surface area contributed by atoms with Crippen molar-refractivity contribution in [1.29, 1.82) is 0 Å². The van der Waals surface area contributed by atoms with Gasteiger partial charge in [-0.25, -0.2) is 0 Å². The molecule has 0 aliphatic carbocycles. The van der Waals surface area contributed by atoms with Gasteiger partial charge in [0.2, 0.25) is 0 Å². The smallest absolute Gasteiger partial charge is 0.121 e. The highest BCUT2D eigenvalue weighted by molar-refractivity contribution is 9.11. The Labute approximate surface area is 349 Å². The molecule has 0 atom stereocenters. The monoisotopic (exact) mass is 916 g/mol. The average Bonchev–Trinajstić information content (AvgIpc) is 3.80. The molecule has 4 aromatic heterocycles. The van der Waals surface area contributed by atoms with Gasteiger partial charge in [0.05, 0.1) is 52.9 Å². The number of fused-ring (bicyclic) bond motifs is 2. The van der Waals surface area contributed by atoms with Crippen molar-refractivity contribution in [2.75, 3.05) is 25.3 Å². The van der Waals surface area contributed by atoms with Gasteiger partial charge < -0.3 is 30.0 Å². The first-order valence-corrected chi connectivity index (χ1v) is 20.3. The zero-order valence-electron chi connectivity index (χ0n) is 29.7. The summed E-state index contributed by atoms with van der Waals surface area (Å²) in [5, 5.41) is 4.24. The number of benzene rings is 4. The predicted octanol–water partition coefficient (Wildman–Crippen LogP) is 13.0. The molecule has 4 heterocycles. The maximum absolute atomic E-state index is 5.94. The van der Waals surface area contributed by atoms with Crippen LogP contribution in [0.3, 0.4) is 0 Å². The van der Waals surface area contributed by atoms with Crippen LogP contribution in [0.15, 0.2) is 141 Å². The second-order valence-electron chi connectivity index (χ2n) is 11.7. The SMILES string of the molecule is COc1ccc(COc2cccc(N)c2)cc1.COc1ccc(COc2cccc(Nc3ccnc4cc(Br)sc34)c2)cc1.Clc1ccnc2cc(Br)sc12. The Hall–Kier alpha value is -4.85. The molecule has 13 heteroatoms. The van der Waals surface area contributed by atoms with E-state index < -0.39 is 0 Å². The lowest BCUT2D eigenvalue weighted by Gasteiger charge is -2.11. The normalized spacial score (nSPS) is 10.5. The number of nitrogens with zero attached hydrogens (tertiary/aromatic N) is 2. The molecule has 0 spiro atoms. The molecular formula is C42H35Br2ClN4O4S2. The topological polar surface area (TPSA) is 101 Å². The molecule has 0 amide bonds. The van der Waals surface area contributed by atoms with Gasteiger partial charge in [0.1, 0.15) is 36.2 Å². The van der Waals surface area contributed by atoms with Crippen molar-refractivity contribution >= 4 is 104 Å². The van der Waals surface area contributed by atoms with Crippen molar-refractivity contribution in [2.45, 2.75) is 13.2 Å². The van der Waals surface area contributed by atoms with E-state index >= 15 is 0 Å². The number of rotatable bonds is 10. The maximum Gasteiger partial charge on any atom is 0.121 e. The number of halogens is 3. The Balaban J connectivity index is 0.000000156. The number of pyridine rings is 2. The van der Waals surface area contributed by atoms with Crippen LogP contribution in [-0.4, -0.2) is 24.2 Å². The van der Waals surface area contributed by atoms with E-state index in [1.54, 1.807) is 49.2 Å². The average molecular weight is 919 g/mol. The van der Waals surface area contributed by atoms with Crippen LogP contribution < -0.4 is 30.0 Å². The van der Waals surface area contributed by atoms with Gasteiger partial charge in [-0.2, -0.15) is 0 Å². The number of ether oxygens (including phenoxy) is 4. The van der Waals surface area contributed by atoms with E-state index in [9.17, 15) is 0 Å². The molecule has 0 radical (unpaired) electrons. The van der Waals surface area contributed by atoms with E-state index in [1.165, 1.54) is 0 Å². The van der Waals surface area contributed by atoms with Crippen molar-refractivity contribution in [3.8, 4) is 23.0 Å². The third-order valence-electron chi connectivity index (χ3n) is 7.82. The van der Waals surface area contributed by atoms with Gasteiger partial charge in [-0.15, -0.1) is 22.7 Å². The third-order valence-corrected chi connectivity index (χ3v) is 11.6. The fourth-order valence-corrected chi connectivity index (χ4v) is 8.32. The summed E-state index contributed by atoms with van der Waals surface area (Å²) in [6.07, 6.45) is 3.53. The van der Waals surface area contributed by atoms with E-state index in [1.807, 2.05) is 121 Å². The molecule has 8 nitrogen and oxygen atoms in total. The molecule has 0 unspecified atom stereocenters. The van der Waals surface area contributed by atoms with Crippen molar-refractivity contribution in [3.05, 3.63) is 157 Å². The van der Waals surface area contributed by atoms with Gasteiger partial charge in [0, 0.05) is 35.9 Å². The number of aromatic nitrogens is 2. The van der Waals surface area contributed by atoms with E-state index in [0.717, 1.165) is 78.5 Å². The van der Waals surface area contributed by atoms with Gasteiger partial charge in [-0.05, 0) is 116 Å². The molecule has 0 saturated heterocycles. The summed E-state index contributed by atoms with van der Waals surface area (Å²) in [4.78, 5) is 8.56. The zero-order chi connectivity index (χ0) is 38.6. The van der Waals surface area contributed by atoms with Crippen LogP contribution in [0, 0.1) is 0 Å². The van der Waals surface area contributed by atoms with E-state index in [-0.39, 0.29) is 0 Å². The minimum absolute atomic E-state index is 0.505. The molecule has 0 bridgehead atoms. The Bertz CT molecular complexity index is 2460. The highest BCUT2D eigenvalue weighted by Gasteiger charge is 2.08. The first-order valence-electron chi connectivity index (χ1n) is 16.7. The standard InChI is InChI=1S/C21H17BrN2O2S.C14H15NO2.C7H3BrClNS/c1-25-16-7-5-14(6-8-16)13-26-17-4-2-3-15(11-17)24-18-9-10-23-19-12-20(22)27-21(18)19;1-16-13-7-5-11(6-8-13)10-17-14-4-2-3-12(15)9-14;8-6-3-5-7(11-6)4(9)1-2-10-5/h2-12H,13H2,1H3,(H,23,24);2-9H,10,15H2,1H3;1-3H. The van der Waals surface area contributed by atoms with Gasteiger partial charge in [0.15, 0.2) is 0 Å². The van der Waals surface area contributed by atoms with E-state index in [2.05, 4.69) is 47.1 Å². The molecule has 0 saturated carbocycles. The summed E-state index contributed by atoms with van der Waals surface area (Å²) in [7, 11) is 3.31. The second-order valence-corrected chi connectivity index (χ2v) is 16.9. The minimum atomic E-state index is 0.505. The molecule has 3 N–H and O–H groups in total. The van der Waals surface area contributed by atoms with Gasteiger partial charge >= 0.3 is 0 Å². The molecule has 0 aliphatic heterocycles. The minimum Gasteiger partial charge on any atom is -0.497 e. The van der Waals surface area contributed by atoms with E-state index in [0.29, 0.717) is 18.9 Å². The Morgan fingerprint density at radius 1 is 0.618 bits per heavy atom. The molecular weight excluding hydrogens is 884 g/mol. The van der Waals surface area contributed by atoms with Gasteiger partial charge in [-0.3, -0.25) is 9.97 Å². The number of nitrogen functional groups attached to an aromatic ring is 1. The number of methoxy groups -OCH3 is 2. The first-order chi connectivity index (χ1) is 26.8. The van der Waals surface area contributed by atoms with Gasteiger partial charge in [-0.1, -0.05) is 48.0 Å². The molecule has 0 fully saturated rings. The highest BCUT2D eigenvalue weighted by atomic mass is 79.9. The fraction of sp³-hybridized carbons (Fsp3) is 0.0952. The summed E-state index contributed by atoms with van der Waals surface area (Å²) in [5.41, 5.74) is 12.5. The van der Waals surface area contributed by atoms with Crippen LogP contribution in [0.4, 0.5) is 17.1 Å². The van der Waals surface area contributed by atoms with Crippen LogP contribution in [0.5, 0.6) is 23.0 Å². The van der Waals surface area contributed by atoms with E-state index in [4.69, 9.17) is 36.3 Å². The lowest BCUT2D eigenvalue weighted by molar-refractivity contribution is 0.306. The van der Waals surface area contributed by atoms with Crippen LogP contribution in [-0.2, 0) is 13.2 Å².